The minimum Gasteiger partial charge on any atom is -0.313 e. The van der Waals surface area contributed by atoms with E-state index in [0.717, 1.165) is 30.6 Å². The minimum absolute atomic E-state index is 0.231. The number of benzene rings is 2. The Labute approximate surface area is 159 Å². The van der Waals surface area contributed by atoms with Crippen LogP contribution in [0.5, 0.6) is 0 Å². The molecule has 28 heavy (non-hydrogen) atoms. The molecule has 2 aromatic carbocycles. The summed E-state index contributed by atoms with van der Waals surface area (Å²) in [6.07, 6.45) is 6.25. The maximum atomic E-state index is 14.8. The van der Waals surface area contributed by atoms with E-state index in [1.54, 1.807) is 30.2 Å². The number of hydrogen-bond donors (Lipinski definition) is 1. The fraction of sp³-hybridized carbons (Fsp3) is 0.190. The summed E-state index contributed by atoms with van der Waals surface area (Å²) in [6, 6.07) is 6.52. The molecule has 0 spiro atoms. The van der Waals surface area contributed by atoms with Gasteiger partial charge >= 0.3 is 0 Å². The molecule has 0 amide bonds. The van der Waals surface area contributed by atoms with Crippen LogP contribution in [0.4, 0.5) is 8.78 Å². The molecular weight excluding hydrogens is 360 g/mol. The number of nitrogens with zero attached hydrogens (tertiary/aromatic N) is 4. The van der Waals surface area contributed by atoms with Crippen molar-refractivity contribution >= 4 is 27.4 Å². The highest BCUT2D eigenvalue weighted by Gasteiger charge is 2.14. The first kappa shape index (κ1) is 16.9. The number of fused-ring (bicyclic) bond motifs is 2. The smallest absolute Gasteiger partial charge is 0.160 e. The first-order valence-electron chi connectivity index (χ1n) is 9.08. The van der Waals surface area contributed by atoms with Gasteiger partial charge in [0, 0.05) is 42.3 Å². The van der Waals surface area contributed by atoms with Crippen LogP contribution in [0.3, 0.4) is 0 Å². The second-order valence-corrected chi connectivity index (χ2v) is 6.97. The number of rotatable bonds is 2. The lowest BCUT2D eigenvalue weighted by Crippen LogP contribution is -2.20. The maximum Gasteiger partial charge on any atom is 0.160 e. The minimum atomic E-state index is -0.453. The van der Waals surface area contributed by atoms with Crippen LogP contribution in [-0.4, -0.2) is 32.8 Å². The summed E-state index contributed by atoms with van der Waals surface area (Å²) in [6.45, 7) is 1.66. The van der Waals surface area contributed by atoms with Gasteiger partial charge in [0.1, 0.15) is 16.9 Å². The lowest BCUT2D eigenvalue weighted by molar-refractivity contribution is 0.632. The van der Waals surface area contributed by atoms with E-state index < -0.39 is 11.6 Å². The topological polar surface area (TPSA) is 55.6 Å². The van der Waals surface area contributed by atoms with Crippen LogP contribution >= 0.6 is 0 Å². The third-order valence-electron chi connectivity index (χ3n) is 5.01. The van der Waals surface area contributed by atoms with E-state index in [1.807, 2.05) is 6.07 Å². The molecule has 0 atom stereocenters. The molecule has 5 nitrogen and oxygen atoms in total. The van der Waals surface area contributed by atoms with Gasteiger partial charge in [-0.05, 0) is 48.4 Å². The van der Waals surface area contributed by atoms with Gasteiger partial charge in [0.25, 0.3) is 0 Å². The number of halogens is 2. The lowest BCUT2D eigenvalue weighted by Gasteiger charge is -2.15. The molecule has 3 heterocycles. The zero-order chi connectivity index (χ0) is 19.3. The van der Waals surface area contributed by atoms with Gasteiger partial charge in [-0.25, -0.2) is 18.7 Å². The van der Waals surface area contributed by atoms with Crippen molar-refractivity contribution < 1.29 is 8.78 Å². The molecule has 4 aromatic rings. The predicted molar refractivity (Wildman–Crippen MR) is 105 cm³/mol. The Morgan fingerprint density at radius 1 is 1.00 bits per heavy atom. The van der Waals surface area contributed by atoms with E-state index >= 15 is 0 Å². The zero-order valence-corrected chi connectivity index (χ0v) is 15.2. The third-order valence-corrected chi connectivity index (χ3v) is 5.01. The standard InChI is InChI=1S/C21H17F2N5/c1-28-11-16-7-14(9-18(23)20(16)27-28)21-25-10-15-6-13(8-17(22)19(15)26-21)12-2-4-24-5-3-12/h2,6-11,24H,3-5H2,1H3. The Hall–Kier alpha value is -3.19. The van der Waals surface area contributed by atoms with Crippen molar-refractivity contribution in [1.29, 1.82) is 0 Å². The largest absolute Gasteiger partial charge is 0.313 e. The van der Waals surface area contributed by atoms with E-state index in [9.17, 15) is 8.78 Å². The van der Waals surface area contributed by atoms with Gasteiger partial charge in [0.05, 0.1) is 0 Å². The third kappa shape index (κ3) is 2.84. The fourth-order valence-electron chi connectivity index (χ4n) is 3.65. The van der Waals surface area contributed by atoms with Crippen LogP contribution < -0.4 is 5.32 Å². The summed E-state index contributed by atoms with van der Waals surface area (Å²) in [5.41, 5.74) is 2.98. The van der Waals surface area contributed by atoms with Gasteiger partial charge in [0.2, 0.25) is 0 Å². The fourth-order valence-corrected chi connectivity index (χ4v) is 3.65. The predicted octanol–water partition coefficient (Wildman–Crippen LogP) is 3.84. The monoisotopic (exact) mass is 377 g/mol. The van der Waals surface area contributed by atoms with E-state index in [2.05, 4.69) is 26.5 Å². The van der Waals surface area contributed by atoms with Crippen LogP contribution in [0.15, 0.2) is 42.7 Å². The van der Waals surface area contributed by atoms with Gasteiger partial charge in [0.15, 0.2) is 11.6 Å². The summed E-state index contributed by atoms with van der Waals surface area (Å²) >= 11 is 0. The van der Waals surface area contributed by atoms with Crippen molar-refractivity contribution in [2.45, 2.75) is 6.42 Å². The van der Waals surface area contributed by atoms with Crippen LogP contribution in [-0.2, 0) is 7.05 Å². The van der Waals surface area contributed by atoms with E-state index in [1.165, 1.54) is 12.1 Å². The number of nitrogens with one attached hydrogen (secondary N) is 1. The Morgan fingerprint density at radius 2 is 1.79 bits per heavy atom. The van der Waals surface area contributed by atoms with Gasteiger partial charge < -0.3 is 5.32 Å². The molecule has 0 radical (unpaired) electrons. The molecule has 0 saturated heterocycles. The molecular formula is C21H17F2N5. The summed E-state index contributed by atoms with van der Waals surface area (Å²) in [5.74, 6) is -0.575. The van der Waals surface area contributed by atoms with E-state index in [4.69, 9.17) is 0 Å². The molecule has 1 aliphatic rings. The molecule has 0 aliphatic carbocycles. The Bertz CT molecular complexity index is 1260. The van der Waals surface area contributed by atoms with E-state index in [0.29, 0.717) is 16.3 Å². The van der Waals surface area contributed by atoms with Crippen molar-refractivity contribution in [3.8, 4) is 11.4 Å². The highest BCUT2D eigenvalue weighted by atomic mass is 19.1. The normalized spacial score (nSPS) is 14.6. The average Bonchev–Trinajstić information content (AvgIpc) is 3.09. The summed E-state index contributed by atoms with van der Waals surface area (Å²) in [4.78, 5) is 8.73. The molecule has 0 saturated carbocycles. The molecule has 1 N–H and O–H groups in total. The average molecular weight is 377 g/mol. The van der Waals surface area contributed by atoms with Crippen LogP contribution in [0.25, 0.3) is 38.8 Å². The first-order chi connectivity index (χ1) is 13.6. The van der Waals surface area contributed by atoms with Crippen molar-refractivity contribution in [2.24, 2.45) is 7.05 Å². The molecule has 140 valence electrons. The van der Waals surface area contributed by atoms with Gasteiger partial charge in [-0.3, -0.25) is 4.68 Å². The zero-order valence-electron chi connectivity index (χ0n) is 15.2. The van der Waals surface area contributed by atoms with Crippen molar-refractivity contribution in [1.82, 2.24) is 25.1 Å². The lowest BCUT2D eigenvalue weighted by atomic mass is 9.98. The second kappa shape index (κ2) is 6.45. The Morgan fingerprint density at radius 3 is 2.61 bits per heavy atom. The quantitative estimate of drug-likeness (QED) is 0.577. The Kier molecular flexibility index (Phi) is 3.91. The number of aryl methyl sites for hydroxylation is 1. The van der Waals surface area contributed by atoms with Gasteiger partial charge in [-0.15, -0.1) is 0 Å². The molecule has 1 aliphatic heterocycles. The molecule has 0 unspecified atom stereocenters. The molecule has 0 bridgehead atoms. The van der Waals surface area contributed by atoms with Crippen LogP contribution in [0.2, 0.25) is 0 Å². The SMILES string of the molecule is Cn1cc2cc(-c3ncc4cc(C5=CCNCC5)cc(F)c4n3)cc(F)c2n1. The molecule has 2 aromatic heterocycles. The summed E-state index contributed by atoms with van der Waals surface area (Å²) < 4.78 is 30.7. The van der Waals surface area contributed by atoms with Crippen LogP contribution in [0.1, 0.15) is 12.0 Å². The Balaban J connectivity index is 1.62. The van der Waals surface area contributed by atoms with Gasteiger partial charge in [-0.2, -0.15) is 5.10 Å². The first-order valence-corrected chi connectivity index (χ1v) is 9.08. The van der Waals surface area contributed by atoms with E-state index in [-0.39, 0.29) is 16.9 Å². The van der Waals surface area contributed by atoms with Crippen molar-refractivity contribution in [3.05, 3.63) is 59.9 Å². The number of hydrogen-bond acceptors (Lipinski definition) is 4. The molecule has 7 heteroatoms. The maximum absolute atomic E-state index is 14.8. The van der Waals surface area contributed by atoms with Crippen LogP contribution in [0, 0.1) is 11.6 Å². The van der Waals surface area contributed by atoms with Gasteiger partial charge in [-0.1, -0.05) is 6.08 Å². The highest BCUT2D eigenvalue weighted by molar-refractivity contribution is 5.87. The second-order valence-electron chi connectivity index (χ2n) is 6.97. The highest BCUT2D eigenvalue weighted by Crippen LogP contribution is 2.28. The van der Waals surface area contributed by atoms with Crippen molar-refractivity contribution in [2.75, 3.05) is 13.1 Å². The summed E-state index contributed by atoms with van der Waals surface area (Å²) in [7, 11) is 1.73. The number of aromatic nitrogens is 4. The summed E-state index contributed by atoms with van der Waals surface area (Å²) in [5, 5.41) is 8.62. The molecule has 5 rings (SSSR count). The molecule has 0 fully saturated rings. The van der Waals surface area contributed by atoms with Crippen molar-refractivity contribution in [3.63, 3.8) is 0 Å².